The predicted octanol–water partition coefficient (Wildman–Crippen LogP) is 10.4. The molecule has 0 N–H and O–H groups in total. The minimum absolute atomic E-state index is 0.0633. The fourth-order valence-corrected chi connectivity index (χ4v) is 4.19. The summed E-state index contributed by atoms with van der Waals surface area (Å²) < 4.78 is 215. The zero-order chi connectivity index (χ0) is 38.1. The lowest BCUT2D eigenvalue weighted by atomic mass is 10.1. The van der Waals surface area contributed by atoms with E-state index in [4.69, 9.17) is 0 Å². The molecule has 0 spiro atoms. The average molecular weight is 756 g/mol. The Morgan fingerprint density at radius 2 is 0.900 bits per heavy atom. The van der Waals surface area contributed by atoms with Gasteiger partial charge in [0.15, 0.2) is 17.1 Å². The van der Waals surface area contributed by atoms with Crippen LogP contribution in [0.2, 0.25) is 0 Å². The predicted molar refractivity (Wildman–Crippen MR) is 145 cm³/mol. The van der Waals surface area contributed by atoms with E-state index in [1.54, 1.807) is 0 Å². The van der Waals surface area contributed by atoms with Crippen LogP contribution in [0.15, 0.2) is 79.4 Å². The van der Waals surface area contributed by atoms with E-state index < -0.39 is 74.3 Å². The molecule has 50 heavy (non-hydrogen) atoms. The average Bonchev–Trinajstić information content (AvgIpc) is 2.99. The van der Waals surface area contributed by atoms with E-state index >= 15 is 0 Å². The van der Waals surface area contributed by atoms with E-state index in [0.29, 0.717) is 18.2 Å². The van der Waals surface area contributed by atoms with Gasteiger partial charge in [-0.25, -0.2) is 9.97 Å². The first kappa shape index (κ1) is 39.6. The molecule has 4 aromatic rings. The minimum atomic E-state index is -6.40. The molecule has 0 bridgehead atoms. The zero-order valence-corrected chi connectivity index (χ0v) is 24.7. The Labute approximate surface area is 270 Å². The van der Waals surface area contributed by atoms with Gasteiger partial charge in [0.2, 0.25) is 0 Å². The Kier molecular flexibility index (Phi) is 11.0. The molecule has 270 valence electrons. The second-order valence-corrected chi connectivity index (χ2v) is 11.0. The summed E-state index contributed by atoms with van der Waals surface area (Å²) in [5.41, 5.74) is -12.1. The smallest absolute Gasteiger partial charge is 0.374 e. The van der Waals surface area contributed by atoms with Crippen LogP contribution in [-0.2, 0) is 34.8 Å². The van der Waals surface area contributed by atoms with Crippen molar-refractivity contribution in [2.24, 2.45) is 0 Å². The maximum Gasteiger partial charge on any atom is 0.534 e. The summed E-state index contributed by atoms with van der Waals surface area (Å²) in [5.74, 6) is -1.74. The van der Waals surface area contributed by atoms with Crippen molar-refractivity contribution in [1.82, 2.24) is 9.97 Å². The van der Waals surface area contributed by atoms with E-state index in [2.05, 4.69) is 20.7 Å². The molecule has 0 aliphatic rings. The molecule has 2 aromatic carbocycles. The van der Waals surface area contributed by atoms with Crippen LogP contribution in [0.25, 0.3) is 28.6 Å². The standard InChI is InChI=1S/C15H9F6N.C14H6F9NO3S/c1-2-9-5-8-12(22-13(9)15(19,20)21)10-3-6-11(7-4-10)14(16,17)18;15-12(16,17)8-3-1-7(2-4-8)9-5-6-10(11(24-9)13(18,19)20)27-28(25,26)14(21,22)23/h2-8H,1H2;1-6H. The Bertz CT molecular complexity index is 1930. The van der Waals surface area contributed by atoms with E-state index in [9.17, 15) is 74.3 Å². The Hall–Kier alpha value is -4.82. The van der Waals surface area contributed by atoms with Crippen LogP contribution in [-0.4, -0.2) is 23.9 Å². The van der Waals surface area contributed by atoms with Crippen LogP contribution >= 0.6 is 0 Å². The molecule has 0 aliphatic carbocycles. The highest BCUT2D eigenvalue weighted by molar-refractivity contribution is 7.88. The second-order valence-electron chi connectivity index (χ2n) is 9.51. The number of hydrogen-bond donors (Lipinski definition) is 0. The van der Waals surface area contributed by atoms with Crippen molar-refractivity contribution in [1.29, 1.82) is 0 Å². The molecule has 0 amide bonds. The third kappa shape index (κ3) is 9.66. The van der Waals surface area contributed by atoms with E-state index in [1.807, 2.05) is 0 Å². The zero-order valence-electron chi connectivity index (χ0n) is 23.9. The largest absolute Gasteiger partial charge is 0.534 e. The van der Waals surface area contributed by atoms with Crippen LogP contribution < -0.4 is 4.18 Å². The first-order chi connectivity index (χ1) is 22.6. The second kappa shape index (κ2) is 13.8. The summed E-state index contributed by atoms with van der Waals surface area (Å²) in [5, 5.41) is 0. The summed E-state index contributed by atoms with van der Waals surface area (Å²) >= 11 is 0. The lowest BCUT2D eigenvalue weighted by Crippen LogP contribution is -2.29. The summed E-state index contributed by atoms with van der Waals surface area (Å²) in [6.45, 7) is 3.28. The highest BCUT2D eigenvalue weighted by Crippen LogP contribution is 2.39. The number of alkyl halides is 15. The Morgan fingerprint density at radius 1 is 0.520 bits per heavy atom. The lowest BCUT2D eigenvalue weighted by molar-refractivity contribution is -0.142. The Balaban J connectivity index is 0.000000278. The molecule has 0 saturated heterocycles. The summed E-state index contributed by atoms with van der Waals surface area (Å²) in [7, 11) is -6.40. The highest BCUT2D eigenvalue weighted by Gasteiger charge is 2.50. The van der Waals surface area contributed by atoms with Gasteiger partial charge in [0.25, 0.3) is 0 Å². The molecule has 0 saturated carbocycles. The van der Waals surface area contributed by atoms with Gasteiger partial charge < -0.3 is 4.18 Å². The van der Waals surface area contributed by atoms with Gasteiger partial charge in [-0.15, -0.1) is 0 Å². The molecule has 5 nitrogen and oxygen atoms in total. The lowest BCUT2D eigenvalue weighted by Gasteiger charge is -2.15. The molecule has 0 fully saturated rings. The van der Waals surface area contributed by atoms with Crippen molar-refractivity contribution in [2.45, 2.75) is 30.2 Å². The number of benzene rings is 2. The molecule has 0 aliphatic heterocycles. The molecular weight excluding hydrogens is 741 g/mol. The van der Waals surface area contributed by atoms with Gasteiger partial charge in [0, 0.05) is 16.7 Å². The first-order valence-corrected chi connectivity index (χ1v) is 14.2. The number of pyridine rings is 2. The third-order valence-electron chi connectivity index (χ3n) is 6.04. The highest BCUT2D eigenvalue weighted by atomic mass is 32.2. The Morgan fingerprint density at radius 3 is 1.24 bits per heavy atom. The fraction of sp³-hybridized carbons (Fsp3) is 0.172. The van der Waals surface area contributed by atoms with Crippen LogP contribution in [0, 0.1) is 0 Å². The normalized spacial score (nSPS) is 12.9. The molecule has 0 radical (unpaired) electrons. The van der Waals surface area contributed by atoms with Crippen LogP contribution in [0.5, 0.6) is 5.75 Å². The first-order valence-electron chi connectivity index (χ1n) is 12.8. The topological polar surface area (TPSA) is 69.2 Å². The fourth-order valence-electron chi connectivity index (χ4n) is 3.73. The molecular formula is C29H15F15N2O3S. The summed E-state index contributed by atoms with van der Waals surface area (Å²) in [6.07, 6.45) is -18.3. The van der Waals surface area contributed by atoms with Gasteiger partial charge in [-0.3, -0.25) is 0 Å². The summed E-state index contributed by atoms with van der Waals surface area (Å²) in [6, 6.07) is 9.87. The molecule has 0 unspecified atom stereocenters. The van der Waals surface area contributed by atoms with Gasteiger partial charge in [-0.1, -0.05) is 43.0 Å². The number of rotatable bonds is 5. The van der Waals surface area contributed by atoms with Gasteiger partial charge >= 0.3 is 40.3 Å². The van der Waals surface area contributed by atoms with Crippen molar-refractivity contribution in [3.63, 3.8) is 0 Å². The van der Waals surface area contributed by atoms with Gasteiger partial charge in [-0.2, -0.15) is 74.3 Å². The van der Waals surface area contributed by atoms with Crippen molar-refractivity contribution < 1.29 is 78.5 Å². The van der Waals surface area contributed by atoms with E-state index in [0.717, 1.165) is 42.5 Å². The SMILES string of the molecule is C=Cc1ccc(-c2ccc(C(F)(F)F)cc2)nc1C(F)(F)F.O=S(=O)(Oc1ccc(-c2ccc(C(F)(F)F)cc2)nc1C(F)(F)F)C(F)(F)F. The number of halogens is 15. The van der Waals surface area contributed by atoms with Gasteiger partial charge in [0.05, 0.1) is 22.5 Å². The minimum Gasteiger partial charge on any atom is -0.374 e. The van der Waals surface area contributed by atoms with Crippen LogP contribution in [0.3, 0.4) is 0 Å². The monoisotopic (exact) mass is 756 g/mol. The van der Waals surface area contributed by atoms with Crippen molar-refractivity contribution in [2.75, 3.05) is 0 Å². The molecule has 0 atom stereocenters. The van der Waals surface area contributed by atoms with Gasteiger partial charge in [0.1, 0.15) is 0 Å². The molecule has 4 rings (SSSR count). The number of hydrogen-bond acceptors (Lipinski definition) is 5. The number of aromatic nitrogens is 2. The molecule has 21 heteroatoms. The van der Waals surface area contributed by atoms with Gasteiger partial charge in [-0.05, 0) is 42.5 Å². The van der Waals surface area contributed by atoms with Crippen molar-refractivity contribution in [3.8, 4) is 28.3 Å². The number of nitrogens with zero attached hydrogens (tertiary/aromatic N) is 2. The maximum atomic E-state index is 13.1. The van der Waals surface area contributed by atoms with Crippen LogP contribution in [0.4, 0.5) is 65.9 Å². The van der Waals surface area contributed by atoms with E-state index in [-0.39, 0.29) is 28.5 Å². The van der Waals surface area contributed by atoms with E-state index in [1.165, 1.54) is 12.1 Å². The van der Waals surface area contributed by atoms with Crippen LogP contribution in [0.1, 0.15) is 28.1 Å². The maximum absolute atomic E-state index is 13.1. The van der Waals surface area contributed by atoms with Crippen molar-refractivity contribution >= 4 is 16.2 Å². The van der Waals surface area contributed by atoms with Crippen molar-refractivity contribution in [3.05, 3.63) is 107 Å². The summed E-state index contributed by atoms with van der Waals surface area (Å²) in [4.78, 5) is 6.51. The molecule has 2 aromatic heterocycles. The molecule has 2 heterocycles. The quantitative estimate of drug-likeness (QED) is 0.115. The third-order valence-corrected chi connectivity index (χ3v) is 7.01.